The van der Waals surface area contributed by atoms with Crippen molar-refractivity contribution in [3.8, 4) is 0 Å². The van der Waals surface area contributed by atoms with E-state index >= 15 is 0 Å². The number of aliphatic hydroxyl groups excluding tert-OH is 7. The van der Waals surface area contributed by atoms with Crippen LogP contribution in [0.5, 0.6) is 0 Å². The third kappa shape index (κ3) is 27.6. The molecule has 0 aromatic carbocycles. The largest absolute Gasteiger partial charge is 0.462 e. The molecule has 2 fully saturated rings. The predicted molar refractivity (Wildman–Crippen MR) is 261 cm³/mol. The van der Waals surface area contributed by atoms with Gasteiger partial charge in [0.15, 0.2) is 18.7 Å². The summed E-state index contributed by atoms with van der Waals surface area (Å²) in [5.41, 5.74) is 0. The molecular formula is C53H90O15. The van der Waals surface area contributed by atoms with Crippen LogP contribution < -0.4 is 0 Å². The van der Waals surface area contributed by atoms with Crippen molar-refractivity contribution in [1.29, 1.82) is 0 Å². The van der Waals surface area contributed by atoms with E-state index in [1.54, 1.807) is 0 Å². The van der Waals surface area contributed by atoms with Crippen molar-refractivity contribution in [2.24, 2.45) is 0 Å². The first-order valence-electron chi connectivity index (χ1n) is 25.9. The highest BCUT2D eigenvalue weighted by atomic mass is 16.7. The van der Waals surface area contributed by atoms with E-state index in [-0.39, 0.29) is 19.4 Å². The van der Waals surface area contributed by atoms with Gasteiger partial charge < -0.3 is 64.2 Å². The van der Waals surface area contributed by atoms with Crippen LogP contribution in [0.25, 0.3) is 0 Å². The van der Waals surface area contributed by atoms with Gasteiger partial charge in [-0.25, -0.2) is 0 Å². The third-order valence-electron chi connectivity index (χ3n) is 12.0. The Kier molecular flexibility index (Phi) is 36.0. The number of rotatable bonds is 39. The molecule has 2 aliphatic rings. The zero-order valence-electron chi connectivity index (χ0n) is 41.3. The van der Waals surface area contributed by atoms with Crippen LogP contribution in [0.1, 0.15) is 168 Å². The van der Waals surface area contributed by atoms with Gasteiger partial charge in [0.25, 0.3) is 0 Å². The van der Waals surface area contributed by atoms with Gasteiger partial charge in [0, 0.05) is 12.8 Å². The Bertz CT molecular complexity index is 1420. The van der Waals surface area contributed by atoms with Crippen molar-refractivity contribution in [2.45, 2.75) is 235 Å². The average molecular weight is 967 g/mol. The topological polar surface area (TPSA) is 231 Å². The second-order valence-electron chi connectivity index (χ2n) is 18.0. The summed E-state index contributed by atoms with van der Waals surface area (Å²) in [5.74, 6) is -1.01. The number of unbranched alkanes of at least 4 members (excludes halogenated alkanes) is 15. The molecule has 0 bridgehead atoms. The molecule has 7 N–H and O–H groups in total. The summed E-state index contributed by atoms with van der Waals surface area (Å²) >= 11 is 0. The smallest absolute Gasteiger partial charge is 0.306 e. The monoisotopic (exact) mass is 967 g/mol. The highest BCUT2D eigenvalue weighted by Crippen LogP contribution is 2.26. The first-order valence-corrected chi connectivity index (χ1v) is 25.9. The Balaban J connectivity index is 1.81. The van der Waals surface area contributed by atoms with Crippen molar-refractivity contribution in [3.63, 3.8) is 0 Å². The van der Waals surface area contributed by atoms with Crippen molar-refractivity contribution in [2.75, 3.05) is 26.4 Å². The molecule has 2 aliphatic heterocycles. The number of allylic oxidation sites excluding steroid dienone is 10. The first kappa shape index (κ1) is 61.3. The molecule has 392 valence electrons. The molecule has 2 rings (SSSR count). The Morgan fingerprint density at radius 3 is 1.51 bits per heavy atom. The van der Waals surface area contributed by atoms with Crippen LogP contribution in [0.15, 0.2) is 60.8 Å². The summed E-state index contributed by atoms with van der Waals surface area (Å²) in [7, 11) is 0. The van der Waals surface area contributed by atoms with Gasteiger partial charge in [-0.3, -0.25) is 9.59 Å². The van der Waals surface area contributed by atoms with Gasteiger partial charge in [0.05, 0.1) is 19.8 Å². The van der Waals surface area contributed by atoms with Crippen molar-refractivity contribution >= 4 is 11.9 Å². The van der Waals surface area contributed by atoms with E-state index in [1.807, 2.05) is 12.2 Å². The van der Waals surface area contributed by atoms with E-state index in [4.69, 9.17) is 28.4 Å². The number of hydrogen-bond donors (Lipinski definition) is 7. The van der Waals surface area contributed by atoms with Crippen LogP contribution in [0.3, 0.4) is 0 Å². The molecule has 15 heteroatoms. The summed E-state index contributed by atoms with van der Waals surface area (Å²) in [6.07, 6.45) is 28.4. The quantitative estimate of drug-likeness (QED) is 0.0183. The summed E-state index contributed by atoms with van der Waals surface area (Å²) in [6, 6.07) is 0. The van der Waals surface area contributed by atoms with Gasteiger partial charge in [0.1, 0.15) is 55.4 Å². The van der Waals surface area contributed by atoms with E-state index in [0.717, 1.165) is 64.2 Å². The van der Waals surface area contributed by atoms with E-state index in [9.17, 15) is 45.3 Å². The van der Waals surface area contributed by atoms with Crippen LogP contribution >= 0.6 is 0 Å². The second kappa shape index (κ2) is 39.9. The van der Waals surface area contributed by atoms with Gasteiger partial charge in [0.2, 0.25) is 0 Å². The Morgan fingerprint density at radius 1 is 0.485 bits per heavy atom. The number of carbonyl (C=O) groups is 2. The van der Waals surface area contributed by atoms with E-state index in [2.05, 4.69) is 62.5 Å². The fourth-order valence-corrected chi connectivity index (χ4v) is 7.75. The number of carbonyl (C=O) groups excluding carboxylic acids is 2. The molecule has 0 radical (unpaired) electrons. The molecule has 5 unspecified atom stereocenters. The van der Waals surface area contributed by atoms with Crippen LogP contribution in [0.4, 0.5) is 0 Å². The minimum atomic E-state index is -1.78. The maximum atomic E-state index is 12.9. The Hall–Kier alpha value is -2.80. The molecular weight excluding hydrogens is 877 g/mol. The molecule has 2 saturated heterocycles. The third-order valence-corrected chi connectivity index (χ3v) is 12.0. The summed E-state index contributed by atoms with van der Waals surface area (Å²) in [4.78, 5) is 25.7. The maximum absolute atomic E-state index is 12.9. The molecule has 2 heterocycles. The van der Waals surface area contributed by atoms with Crippen molar-refractivity contribution < 1.29 is 73.8 Å². The second-order valence-corrected chi connectivity index (χ2v) is 18.0. The van der Waals surface area contributed by atoms with Crippen molar-refractivity contribution in [1.82, 2.24) is 0 Å². The van der Waals surface area contributed by atoms with Crippen LogP contribution in [-0.4, -0.2) is 142 Å². The molecule has 0 aliphatic carbocycles. The van der Waals surface area contributed by atoms with E-state index < -0.39 is 99.3 Å². The molecule has 0 saturated carbocycles. The maximum Gasteiger partial charge on any atom is 0.306 e. The number of esters is 2. The standard InChI is InChI=1S/C53H90O15/c1-3-5-7-9-11-13-15-17-18-19-20-21-22-24-25-27-29-31-33-35-44(55)63-38-41(66-45(56)36-34-32-30-28-26-23-16-14-12-10-8-6-4-2)39-64-52-51(62)49(60)47(58)43(68-52)40-65-53-50(61)48(59)46(57)42(37-54)67-53/h5,7,11,13,17-18,23,26,30,32,41-43,46-54,57-62H,3-4,6,8-10,12,14-16,19-22,24-25,27-29,31,33-40H2,1-2H3/b7-5+,13-11+,18-17+,26-23+,32-30+/t41?,42-,43-,46+,47+,48?,49?,50?,51?,52-,53-/m1/s1. The lowest BCUT2D eigenvalue weighted by Crippen LogP contribution is -2.61. The molecule has 0 spiro atoms. The highest BCUT2D eigenvalue weighted by molar-refractivity contribution is 5.70. The van der Waals surface area contributed by atoms with E-state index in [1.165, 1.54) is 64.2 Å². The molecule has 11 atom stereocenters. The number of aliphatic hydroxyl groups is 7. The van der Waals surface area contributed by atoms with Gasteiger partial charge >= 0.3 is 11.9 Å². The molecule has 68 heavy (non-hydrogen) atoms. The fourth-order valence-electron chi connectivity index (χ4n) is 7.75. The van der Waals surface area contributed by atoms with Crippen molar-refractivity contribution in [3.05, 3.63) is 60.8 Å². The molecule has 0 amide bonds. The zero-order chi connectivity index (χ0) is 49.6. The van der Waals surface area contributed by atoms with Gasteiger partial charge in [-0.2, -0.15) is 0 Å². The lowest BCUT2D eigenvalue weighted by Gasteiger charge is -2.42. The predicted octanol–water partition coefficient (Wildman–Crippen LogP) is 7.27. The minimum absolute atomic E-state index is 0.0560. The number of hydrogen-bond acceptors (Lipinski definition) is 15. The van der Waals surface area contributed by atoms with E-state index in [0.29, 0.717) is 12.8 Å². The van der Waals surface area contributed by atoms with Gasteiger partial charge in [-0.05, 0) is 64.2 Å². The summed E-state index contributed by atoms with van der Waals surface area (Å²) in [6.45, 7) is 2.40. The number of ether oxygens (including phenoxy) is 6. The zero-order valence-corrected chi connectivity index (χ0v) is 41.3. The van der Waals surface area contributed by atoms with Crippen LogP contribution in [0.2, 0.25) is 0 Å². The lowest BCUT2D eigenvalue weighted by atomic mass is 9.98. The molecule has 0 aromatic heterocycles. The molecule has 15 nitrogen and oxygen atoms in total. The SMILES string of the molecule is CC/C=C/C/C=C/C/C=C/CCCCCCCCCCCC(=O)OCC(CO[C@@H]1O[C@H](CO[C@@H]2O[C@H](CO)[C@H](O)C(O)C2O)[C@H](O)C(O)C1O)OC(=O)CC/C=C/C/C=C/CCCCCCCC. The van der Waals surface area contributed by atoms with Crippen LogP contribution in [0, 0.1) is 0 Å². The van der Waals surface area contributed by atoms with Gasteiger partial charge in [-0.15, -0.1) is 0 Å². The van der Waals surface area contributed by atoms with Crippen LogP contribution in [-0.2, 0) is 38.0 Å². The highest BCUT2D eigenvalue weighted by Gasteiger charge is 2.47. The van der Waals surface area contributed by atoms with Gasteiger partial charge in [-0.1, -0.05) is 152 Å². The molecule has 0 aromatic rings. The fraction of sp³-hybridized carbons (Fsp3) is 0.774. The normalized spacial score (nSPS) is 26.2. The average Bonchev–Trinajstić information content (AvgIpc) is 3.33. The lowest BCUT2D eigenvalue weighted by molar-refractivity contribution is -0.332. The Labute approximate surface area is 407 Å². The summed E-state index contributed by atoms with van der Waals surface area (Å²) in [5, 5.41) is 72.0. The first-order chi connectivity index (χ1) is 33.0. The summed E-state index contributed by atoms with van der Waals surface area (Å²) < 4.78 is 33.5. The Morgan fingerprint density at radius 2 is 0.956 bits per heavy atom. The minimum Gasteiger partial charge on any atom is -0.462 e.